The fourth-order valence-corrected chi connectivity index (χ4v) is 4.49. The normalized spacial score (nSPS) is 20.2. The average molecular weight is 420 g/mol. The molecule has 1 aromatic heterocycles. The lowest BCUT2D eigenvalue weighted by molar-refractivity contribution is -0.132. The number of hydrogen-bond donors (Lipinski definition) is 1. The summed E-state index contributed by atoms with van der Waals surface area (Å²) in [6.07, 6.45) is 0. The maximum absolute atomic E-state index is 13.1. The first-order valence-corrected chi connectivity index (χ1v) is 10.4. The first-order chi connectivity index (χ1) is 13.0. The molecule has 1 saturated heterocycles. The van der Waals surface area contributed by atoms with Crippen molar-refractivity contribution >= 4 is 34.9 Å². The molecule has 2 heterocycles. The third-order valence-corrected chi connectivity index (χ3v) is 6.26. The summed E-state index contributed by atoms with van der Waals surface area (Å²) in [6, 6.07) is 11.3. The minimum Gasteiger partial charge on any atom is -0.319 e. The molecule has 1 aliphatic rings. The van der Waals surface area contributed by atoms with Crippen molar-refractivity contribution in [3.63, 3.8) is 0 Å². The van der Waals surface area contributed by atoms with E-state index in [9.17, 15) is 9.59 Å². The molecule has 150 valence electrons. The molecule has 0 spiro atoms. The van der Waals surface area contributed by atoms with Gasteiger partial charge in [0.15, 0.2) is 0 Å². The van der Waals surface area contributed by atoms with Gasteiger partial charge in [0.25, 0.3) is 5.91 Å². The van der Waals surface area contributed by atoms with Crippen LogP contribution in [0.5, 0.6) is 0 Å². The van der Waals surface area contributed by atoms with E-state index in [2.05, 4.69) is 26.1 Å². The number of carbonyl (C=O) groups is 2. The van der Waals surface area contributed by atoms with Crippen LogP contribution in [-0.2, 0) is 22.3 Å². The number of nitrogens with one attached hydrogen (secondary N) is 1. The van der Waals surface area contributed by atoms with Crippen LogP contribution in [0, 0.1) is 0 Å². The maximum Gasteiger partial charge on any atom is 0.326 e. The Hall–Kier alpha value is -1.89. The molecule has 0 saturated carbocycles. The van der Waals surface area contributed by atoms with Gasteiger partial charge in [-0.1, -0.05) is 56.6 Å². The fraction of sp³-hybridized carbons (Fsp3) is 0.429. The zero-order valence-corrected chi connectivity index (χ0v) is 18.4. The van der Waals surface area contributed by atoms with E-state index in [1.165, 1.54) is 21.8 Å². The van der Waals surface area contributed by atoms with Crippen LogP contribution in [0.15, 0.2) is 36.4 Å². The predicted octanol–water partition coefficient (Wildman–Crippen LogP) is 4.56. The van der Waals surface area contributed by atoms with Gasteiger partial charge in [-0.3, -0.25) is 9.69 Å². The third-order valence-electron chi connectivity index (χ3n) is 5.04. The van der Waals surface area contributed by atoms with E-state index < -0.39 is 5.54 Å². The van der Waals surface area contributed by atoms with Gasteiger partial charge in [0.1, 0.15) is 5.54 Å². The molecular weight excluding hydrogens is 394 g/mol. The van der Waals surface area contributed by atoms with E-state index in [1.807, 2.05) is 48.3 Å². The summed E-state index contributed by atoms with van der Waals surface area (Å²) in [5.41, 5.74) is 0.944. The first kappa shape index (κ1) is 20.8. The van der Waals surface area contributed by atoms with E-state index in [4.69, 9.17) is 11.6 Å². The van der Waals surface area contributed by atoms with Crippen LogP contribution < -0.4 is 5.32 Å². The molecule has 0 radical (unpaired) electrons. The Labute approximate surface area is 175 Å². The summed E-state index contributed by atoms with van der Waals surface area (Å²) in [5.74, 6) is -0.239. The Bertz CT molecular complexity index is 888. The van der Waals surface area contributed by atoms with Crippen molar-refractivity contribution in [1.82, 2.24) is 15.1 Å². The number of carbonyl (C=O) groups excluding carboxylic acids is 2. The molecule has 3 rings (SSSR count). The standard InChI is InChI=1S/C21H26ClN3O2S/c1-20(2,3)14-6-8-15(9-7-14)21(4)18(26)25(19(27)23-21)13-24(5)12-16-10-11-17(22)28-16/h6-11H,12-13H2,1-5H3,(H,23,27). The summed E-state index contributed by atoms with van der Waals surface area (Å²) in [7, 11) is 1.88. The molecule has 5 nitrogen and oxygen atoms in total. The second kappa shape index (κ2) is 7.50. The summed E-state index contributed by atoms with van der Waals surface area (Å²) < 4.78 is 0.727. The SMILES string of the molecule is CN(Cc1ccc(Cl)s1)CN1C(=O)NC(C)(c2ccc(C(C)(C)C)cc2)C1=O. The lowest BCUT2D eigenvalue weighted by Crippen LogP contribution is -2.42. The lowest BCUT2D eigenvalue weighted by atomic mass is 9.84. The zero-order chi connectivity index (χ0) is 20.7. The monoisotopic (exact) mass is 419 g/mol. The lowest BCUT2D eigenvalue weighted by Gasteiger charge is -2.26. The Morgan fingerprint density at radius 1 is 1.14 bits per heavy atom. The van der Waals surface area contributed by atoms with Gasteiger partial charge in [-0.25, -0.2) is 9.69 Å². The van der Waals surface area contributed by atoms with Gasteiger partial charge < -0.3 is 5.32 Å². The van der Waals surface area contributed by atoms with Crippen molar-refractivity contribution in [3.8, 4) is 0 Å². The van der Waals surface area contributed by atoms with Crippen molar-refractivity contribution in [3.05, 3.63) is 56.7 Å². The van der Waals surface area contributed by atoms with E-state index in [-0.39, 0.29) is 24.0 Å². The van der Waals surface area contributed by atoms with Crippen molar-refractivity contribution in [2.24, 2.45) is 0 Å². The number of imide groups is 1. The van der Waals surface area contributed by atoms with Crippen molar-refractivity contribution in [2.45, 2.75) is 45.2 Å². The molecule has 0 aliphatic carbocycles. The first-order valence-electron chi connectivity index (χ1n) is 9.18. The number of benzene rings is 1. The number of amides is 3. The summed E-state index contributed by atoms with van der Waals surface area (Å²) in [4.78, 5) is 29.9. The fourth-order valence-electron chi connectivity index (χ4n) is 3.32. The topological polar surface area (TPSA) is 52.6 Å². The van der Waals surface area contributed by atoms with E-state index >= 15 is 0 Å². The highest BCUT2D eigenvalue weighted by Crippen LogP contribution is 2.31. The molecule has 7 heteroatoms. The summed E-state index contributed by atoms with van der Waals surface area (Å²) in [6.45, 7) is 9.03. The average Bonchev–Trinajstić information content (AvgIpc) is 3.11. The van der Waals surface area contributed by atoms with Crippen LogP contribution in [0.2, 0.25) is 4.34 Å². The van der Waals surface area contributed by atoms with Gasteiger partial charge in [0.2, 0.25) is 0 Å². The smallest absolute Gasteiger partial charge is 0.319 e. The molecule has 1 aliphatic heterocycles. The highest BCUT2D eigenvalue weighted by atomic mass is 35.5. The molecule has 1 aromatic carbocycles. The van der Waals surface area contributed by atoms with Gasteiger partial charge in [-0.15, -0.1) is 11.3 Å². The van der Waals surface area contributed by atoms with Crippen molar-refractivity contribution in [2.75, 3.05) is 13.7 Å². The highest BCUT2D eigenvalue weighted by molar-refractivity contribution is 7.16. The van der Waals surface area contributed by atoms with Crippen LogP contribution in [0.25, 0.3) is 0 Å². The minimum atomic E-state index is -1.05. The Balaban J connectivity index is 1.74. The van der Waals surface area contributed by atoms with Crippen LogP contribution in [0.3, 0.4) is 0 Å². The minimum absolute atomic E-state index is 0.0296. The van der Waals surface area contributed by atoms with Crippen molar-refractivity contribution < 1.29 is 9.59 Å². The van der Waals surface area contributed by atoms with Crippen LogP contribution in [-0.4, -0.2) is 35.5 Å². The zero-order valence-electron chi connectivity index (χ0n) is 16.9. The number of thiophene rings is 1. The van der Waals surface area contributed by atoms with Gasteiger partial charge in [-0.2, -0.15) is 0 Å². The second-order valence-electron chi connectivity index (χ2n) is 8.48. The number of nitrogens with zero attached hydrogens (tertiary/aromatic N) is 2. The molecule has 1 N–H and O–H groups in total. The number of urea groups is 1. The molecular formula is C21H26ClN3O2S. The van der Waals surface area contributed by atoms with Gasteiger partial charge in [0, 0.05) is 11.4 Å². The van der Waals surface area contributed by atoms with E-state index in [1.54, 1.807) is 6.92 Å². The maximum atomic E-state index is 13.1. The molecule has 2 aromatic rings. The Morgan fingerprint density at radius 3 is 2.32 bits per heavy atom. The van der Waals surface area contributed by atoms with Gasteiger partial charge in [-0.05, 0) is 42.6 Å². The molecule has 0 bridgehead atoms. The molecule has 1 atom stereocenters. The van der Waals surface area contributed by atoms with Crippen LogP contribution >= 0.6 is 22.9 Å². The largest absolute Gasteiger partial charge is 0.326 e. The Morgan fingerprint density at radius 2 is 1.79 bits per heavy atom. The summed E-state index contributed by atoms with van der Waals surface area (Å²) >= 11 is 7.47. The Kier molecular flexibility index (Phi) is 5.58. The molecule has 1 fully saturated rings. The highest BCUT2D eigenvalue weighted by Gasteiger charge is 2.49. The predicted molar refractivity (Wildman–Crippen MR) is 114 cm³/mol. The van der Waals surface area contributed by atoms with E-state index in [0.29, 0.717) is 6.54 Å². The van der Waals surface area contributed by atoms with Gasteiger partial charge >= 0.3 is 6.03 Å². The molecule has 3 amide bonds. The van der Waals surface area contributed by atoms with Crippen LogP contribution in [0.4, 0.5) is 4.79 Å². The molecule has 28 heavy (non-hydrogen) atoms. The van der Waals surface area contributed by atoms with Gasteiger partial charge in [0.05, 0.1) is 11.0 Å². The second-order valence-corrected chi connectivity index (χ2v) is 10.3. The quantitative estimate of drug-likeness (QED) is 0.723. The van der Waals surface area contributed by atoms with Crippen molar-refractivity contribution in [1.29, 1.82) is 0 Å². The number of halogens is 1. The van der Waals surface area contributed by atoms with E-state index in [0.717, 1.165) is 14.8 Å². The molecule has 1 unspecified atom stereocenters. The number of hydrogen-bond acceptors (Lipinski definition) is 4. The number of rotatable bonds is 5. The third kappa shape index (κ3) is 4.09. The van der Waals surface area contributed by atoms with Crippen LogP contribution in [0.1, 0.15) is 43.7 Å². The summed E-state index contributed by atoms with van der Waals surface area (Å²) in [5, 5.41) is 2.87.